The number of likely N-dealkylation sites (N-methyl/N-ethyl adjacent to an activating group) is 1. The van der Waals surface area contributed by atoms with Gasteiger partial charge in [-0.1, -0.05) is 0 Å². The number of nitrogens with zero attached hydrogens (tertiary/aromatic N) is 2. The fourth-order valence-electron chi connectivity index (χ4n) is 3.01. The van der Waals surface area contributed by atoms with Crippen LogP contribution in [0.2, 0.25) is 0 Å². The molecule has 88 valence electrons. The third-order valence-corrected chi connectivity index (χ3v) is 3.99. The number of likely N-dealkylation sites (tertiary alicyclic amines) is 1. The Labute approximate surface area is 93.6 Å². The van der Waals surface area contributed by atoms with Gasteiger partial charge in [-0.2, -0.15) is 0 Å². The highest BCUT2D eigenvalue weighted by Gasteiger charge is 2.34. The van der Waals surface area contributed by atoms with Crippen LogP contribution in [-0.2, 0) is 0 Å². The smallest absolute Gasteiger partial charge is 0.0283 e. The lowest BCUT2D eigenvalue weighted by atomic mass is 9.77. The minimum atomic E-state index is 0.152. The van der Waals surface area contributed by atoms with E-state index < -0.39 is 0 Å². The topological polar surface area (TPSA) is 32.5 Å². The van der Waals surface area contributed by atoms with Crippen molar-refractivity contribution in [2.45, 2.75) is 31.2 Å². The van der Waals surface area contributed by atoms with E-state index in [1.165, 1.54) is 45.3 Å². The van der Waals surface area contributed by atoms with E-state index in [1.807, 2.05) is 0 Å². The van der Waals surface area contributed by atoms with Gasteiger partial charge in [0.05, 0.1) is 0 Å². The summed E-state index contributed by atoms with van der Waals surface area (Å²) >= 11 is 0. The largest absolute Gasteiger partial charge is 0.324 e. The quantitative estimate of drug-likeness (QED) is 0.745. The number of hydrogen-bond donors (Lipinski definition) is 1. The Balaban J connectivity index is 1.70. The van der Waals surface area contributed by atoms with Gasteiger partial charge in [0.25, 0.3) is 0 Å². The summed E-state index contributed by atoms with van der Waals surface area (Å²) < 4.78 is 0. The molecule has 1 saturated carbocycles. The highest BCUT2D eigenvalue weighted by atomic mass is 15.2. The number of hydrogen-bond acceptors (Lipinski definition) is 3. The van der Waals surface area contributed by atoms with E-state index in [0.29, 0.717) is 0 Å². The summed E-state index contributed by atoms with van der Waals surface area (Å²) in [6.07, 6.45) is 5.14. The third-order valence-electron chi connectivity index (χ3n) is 3.99. The van der Waals surface area contributed by atoms with E-state index in [-0.39, 0.29) is 5.54 Å². The predicted molar refractivity (Wildman–Crippen MR) is 63.9 cm³/mol. The standard InChI is InChI=1S/C12H25N3/c1-14-7-4-11(8-14)9-15(2)10-12(13)5-3-6-12/h11H,3-10,13H2,1-2H3. The second-order valence-corrected chi connectivity index (χ2v) is 5.83. The van der Waals surface area contributed by atoms with Crippen molar-refractivity contribution >= 4 is 0 Å². The van der Waals surface area contributed by atoms with Crippen LogP contribution in [0.5, 0.6) is 0 Å². The van der Waals surface area contributed by atoms with Gasteiger partial charge in [0.15, 0.2) is 0 Å². The van der Waals surface area contributed by atoms with Gasteiger partial charge in [-0.05, 0) is 52.2 Å². The molecule has 2 N–H and O–H groups in total. The van der Waals surface area contributed by atoms with Crippen molar-refractivity contribution in [3.8, 4) is 0 Å². The Hall–Kier alpha value is -0.120. The zero-order valence-electron chi connectivity index (χ0n) is 10.2. The fraction of sp³-hybridized carbons (Fsp3) is 1.00. The van der Waals surface area contributed by atoms with E-state index in [0.717, 1.165) is 12.5 Å². The molecule has 2 fully saturated rings. The first-order valence-electron chi connectivity index (χ1n) is 6.23. The number of nitrogens with two attached hydrogens (primary N) is 1. The predicted octanol–water partition coefficient (Wildman–Crippen LogP) is 0.751. The van der Waals surface area contributed by atoms with Gasteiger partial charge in [0.2, 0.25) is 0 Å². The highest BCUT2D eigenvalue weighted by molar-refractivity contribution is 4.95. The molecule has 3 nitrogen and oxygen atoms in total. The molecule has 1 aliphatic heterocycles. The monoisotopic (exact) mass is 211 g/mol. The minimum Gasteiger partial charge on any atom is -0.324 e. The van der Waals surface area contributed by atoms with E-state index >= 15 is 0 Å². The summed E-state index contributed by atoms with van der Waals surface area (Å²) in [7, 11) is 4.45. The normalized spacial score (nSPS) is 30.8. The van der Waals surface area contributed by atoms with Gasteiger partial charge in [0, 0.05) is 25.2 Å². The molecule has 1 saturated heterocycles. The van der Waals surface area contributed by atoms with E-state index in [4.69, 9.17) is 5.73 Å². The van der Waals surface area contributed by atoms with Crippen molar-refractivity contribution < 1.29 is 0 Å². The molecule has 2 rings (SSSR count). The van der Waals surface area contributed by atoms with Crippen LogP contribution in [-0.4, -0.2) is 55.6 Å². The Morgan fingerprint density at radius 3 is 2.67 bits per heavy atom. The lowest BCUT2D eigenvalue weighted by molar-refractivity contribution is 0.152. The van der Waals surface area contributed by atoms with Crippen LogP contribution >= 0.6 is 0 Å². The summed E-state index contributed by atoms with van der Waals surface area (Å²) in [5, 5.41) is 0. The molecule has 0 aromatic carbocycles. The van der Waals surface area contributed by atoms with Gasteiger partial charge in [-0.15, -0.1) is 0 Å². The zero-order valence-corrected chi connectivity index (χ0v) is 10.2. The molecule has 1 unspecified atom stereocenters. The first kappa shape index (κ1) is 11.4. The van der Waals surface area contributed by atoms with Crippen LogP contribution in [0.1, 0.15) is 25.7 Å². The van der Waals surface area contributed by atoms with E-state index in [9.17, 15) is 0 Å². The maximum Gasteiger partial charge on any atom is 0.0283 e. The molecule has 2 aliphatic rings. The fourth-order valence-corrected chi connectivity index (χ4v) is 3.01. The van der Waals surface area contributed by atoms with Crippen molar-refractivity contribution in [2.24, 2.45) is 11.7 Å². The average Bonchev–Trinajstić information content (AvgIpc) is 2.48. The lowest BCUT2D eigenvalue weighted by Crippen LogP contribution is -2.54. The zero-order chi connectivity index (χ0) is 10.9. The molecule has 0 spiro atoms. The molecule has 0 amide bonds. The van der Waals surface area contributed by atoms with Gasteiger partial charge >= 0.3 is 0 Å². The Bertz CT molecular complexity index is 213. The van der Waals surface area contributed by atoms with Gasteiger partial charge in [-0.25, -0.2) is 0 Å². The molecule has 1 atom stereocenters. The van der Waals surface area contributed by atoms with Crippen molar-refractivity contribution in [3.05, 3.63) is 0 Å². The molecule has 0 bridgehead atoms. The summed E-state index contributed by atoms with van der Waals surface area (Å²) in [5.41, 5.74) is 6.41. The van der Waals surface area contributed by atoms with Crippen LogP contribution in [0.4, 0.5) is 0 Å². The van der Waals surface area contributed by atoms with Gasteiger partial charge in [-0.3, -0.25) is 0 Å². The molecular weight excluding hydrogens is 186 g/mol. The molecule has 0 aromatic heterocycles. The van der Waals surface area contributed by atoms with Crippen molar-refractivity contribution in [1.82, 2.24) is 9.80 Å². The van der Waals surface area contributed by atoms with Crippen molar-refractivity contribution in [2.75, 3.05) is 40.3 Å². The molecular formula is C12H25N3. The molecule has 15 heavy (non-hydrogen) atoms. The van der Waals surface area contributed by atoms with E-state index in [1.54, 1.807) is 0 Å². The van der Waals surface area contributed by atoms with Crippen LogP contribution in [0.25, 0.3) is 0 Å². The first-order chi connectivity index (χ1) is 7.07. The van der Waals surface area contributed by atoms with Crippen LogP contribution < -0.4 is 5.73 Å². The summed E-state index contributed by atoms with van der Waals surface area (Å²) in [6, 6.07) is 0. The Kier molecular flexibility index (Phi) is 3.33. The average molecular weight is 211 g/mol. The number of rotatable bonds is 4. The first-order valence-corrected chi connectivity index (χ1v) is 6.23. The highest BCUT2D eigenvalue weighted by Crippen LogP contribution is 2.30. The van der Waals surface area contributed by atoms with Gasteiger partial charge in [0.1, 0.15) is 0 Å². The third kappa shape index (κ3) is 2.92. The lowest BCUT2D eigenvalue weighted by Gasteiger charge is -2.41. The second-order valence-electron chi connectivity index (χ2n) is 5.83. The molecule has 1 aliphatic carbocycles. The SMILES string of the molecule is CN1CCC(CN(C)CC2(N)CCC2)C1. The van der Waals surface area contributed by atoms with E-state index in [2.05, 4.69) is 23.9 Å². The molecule has 0 aromatic rings. The molecule has 0 radical (unpaired) electrons. The van der Waals surface area contributed by atoms with Gasteiger partial charge < -0.3 is 15.5 Å². The maximum absolute atomic E-state index is 6.25. The Morgan fingerprint density at radius 2 is 2.20 bits per heavy atom. The molecule has 3 heteroatoms. The van der Waals surface area contributed by atoms with Crippen molar-refractivity contribution in [1.29, 1.82) is 0 Å². The molecule has 1 heterocycles. The Morgan fingerprint density at radius 1 is 1.47 bits per heavy atom. The van der Waals surface area contributed by atoms with Crippen LogP contribution in [0, 0.1) is 5.92 Å². The minimum absolute atomic E-state index is 0.152. The summed E-state index contributed by atoms with van der Waals surface area (Å²) in [6.45, 7) is 4.85. The summed E-state index contributed by atoms with van der Waals surface area (Å²) in [5.74, 6) is 0.865. The maximum atomic E-state index is 6.25. The second kappa shape index (κ2) is 4.40. The summed E-state index contributed by atoms with van der Waals surface area (Å²) in [4.78, 5) is 4.88. The van der Waals surface area contributed by atoms with Crippen LogP contribution in [0.15, 0.2) is 0 Å². The van der Waals surface area contributed by atoms with Crippen molar-refractivity contribution in [3.63, 3.8) is 0 Å². The van der Waals surface area contributed by atoms with Crippen LogP contribution in [0.3, 0.4) is 0 Å².